The average Bonchev–Trinajstić information content (AvgIpc) is 3.03. The van der Waals surface area contributed by atoms with Gasteiger partial charge in [0.15, 0.2) is 0 Å². The lowest BCUT2D eigenvalue weighted by Crippen LogP contribution is -2.59. The lowest BCUT2D eigenvalue weighted by Gasteiger charge is -2.54. The van der Waals surface area contributed by atoms with Gasteiger partial charge >= 0.3 is 0 Å². The second-order valence-corrected chi connectivity index (χ2v) is 9.41. The van der Waals surface area contributed by atoms with E-state index in [1.54, 1.807) is 10.9 Å². The highest BCUT2D eigenvalue weighted by molar-refractivity contribution is 7.89. The van der Waals surface area contributed by atoms with Crippen molar-refractivity contribution in [2.75, 3.05) is 13.1 Å². The Morgan fingerprint density at radius 3 is 2.70 bits per heavy atom. The van der Waals surface area contributed by atoms with Gasteiger partial charge in [-0.1, -0.05) is 20.8 Å². The average molecular weight is 340 g/mol. The molecule has 0 aromatic carbocycles. The van der Waals surface area contributed by atoms with Crippen molar-refractivity contribution in [1.82, 2.24) is 14.1 Å². The molecular formula is C15H24N4O3S. The van der Waals surface area contributed by atoms with E-state index >= 15 is 0 Å². The Morgan fingerprint density at radius 2 is 2.17 bits per heavy atom. The number of hydrogen-bond donors (Lipinski definition) is 1. The van der Waals surface area contributed by atoms with Gasteiger partial charge in [-0.2, -0.15) is 9.40 Å². The maximum Gasteiger partial charge on any atom is 0.246 e. The molecule has 8 heteroatoms. The predicted octanol–water partition coefficient (Wildman–Crippen LogP) is 0.815. The molecule has 0 bridgehead atoms. The van der Waals surface area contributed by atoms with Crippen molar-refractivity contribution in [3.63, 3.8) is 0 Å². The molecule has 3 rings (SSSR count). The number of rotatable bonds is 5. The minimum atomic E-state index is -3.64. The Balaban J connectivity index is 1.89. The SMILES string of the molecule is CCCn1cc(S(=O)(=O)N2C[C@@H]3C(C)(C)C[C@]3(C(N)=O)C2)cn1. The summed E-state index contributed by atoms with van der Waals surface area (Å²) in [6.45, 7) is 7.33. The fourth-order valence-electron chi connectivity index (χ4n) is 4.35. The molecule has 0 spiro atoms. The predicted molar refractivity (Wildman–Crippen MR) is 84.8 cm³/mol. The molecule has 1 aromatic heterocycles. The van der Waals surface area contributed by atoms with Gasteiger partial charge in [0, 0.05) is 25.8 Å². The monoisotopic (exact) mass is 340 g/mol. The molecule has 0 radical (unpaired) electrons. The van der Waals surface area contributed by atoms with Gasteiger partial charge in [0.2, 0.25) is 15.9 Å². The van der Waals surface area contributed by atoms with Gasteiger partial charge in [-0.3, -0.25) is 9.48 Å². The summed E-state index contributed by atoms with van der Waals surface area (Å²) in [7, 11) is -3.64. The van der Waals surface area contributed by atoms with E-state index < -0.39 is 15.4 Å². The highest BCUT2D eigenvalue weighted by atomic mass is 32.2. The molecular weight excluding hydrogens is 316 g/mol. The third-order valence-corrected chi connectivity index (χ3v) is 7.18. The van der Waals surface area contributed by atoms with Gasteiger partial charge in [0.1, 0.15) is 4.90 Å². The highest BCUT2D eigenvalue weighted by Gasteiger charge is 2.67. The lowest BCUT2D eigenvalue weighted by atomic mass is 9.48. The molecule has 1 aromatic rings. The standard InChI is InChI=1S/C15H24N4O3S/c1-4-5-18-7-11(6-17-18)23(21,22)19-8-12-14(2,3)9-15(12,10-19)13(16)20/h6-7,12H,4-5,8-10H2,1-3H3,(H2,16,20)/t12-,15+/m1/s1. The van der Waals surface area contributed by atoms with E-state index in [2.05, 4.69) is 18.9 Å². The van der Waals surface area contributed by atoms with Crippen LogP contribution in [-0.4, -0.2) is 41.5 Å². The maximum absolute atomic E-state index is 12.9. The molecule has 2 atom stereocenters. The Labute approximate surface area is 136 Å². The van der Waals surface area contributed by atoms with E-state index in [1.807, 2.05) is 6.92 Å². The number of carbonyl (C=O) groups excluding carboxylic acids is 1. The minimum Gasteiger partial charge on any atom is -0.369 e. The third-order valence-electron chi connectivity index (χ3n) is 5.42. The number of aromatic nitrogens is 2. The summed E-state index contributed by atoms with van der Waals surface area (Å²) in [4.78, 5) is 12.1. The van der Waals surface area contributed by atoms with Crippen molar-refractivity contribution in [3.05, 3.63) is 12.4 Å². The molecule has 2 fully saturated rings. The first-order valence-corrected chi connectivity index (χ1v) is 9.40. The molecule has 1 saturated heterocycles. The number of aryl methyl sites for hydroxylation is 1. The number of amides is 1. The van der Waals surface area contributed by atoms with E-state index in [0.29, 0.717) is 19.5 Å². The van der Waals surface area contributed by atoms with Gasteiger partial charge < -0.3 is 5.73 Å². The molecule has 0 unspecified atom stereocenters. The zero-order valence-electron chi connectivity index (χ0n) is 13.8. The second-order valence-electron chi connectivity index (χ2n) is 7.48. The van der Waals surface area contributed by atoms with Crippen molar-refractivity contribution in [2.45, 2.75) is 45.1 Å². The third kappa shape index (κ3) is 2.30. The number of sulfonamides is 1. The number of hydrogen-bond acceptors (Lipinski definition) is 4. The first-order chi connectivity index (χ1) is 10.6. The number of carbonyl (C=O) groups is 1. The molecule has 2 heterocycles. The van der Waals surface area contributed by atoms with Gasteiger partial charge in [0.25, 0.3) is 0 Å². The summed E-state index contributed by atoms with van der Waals surface area (Å²) in [5.41, 5.74) is 4.83. The first-order valence-electron chi connectivity index (χ1n) is 7.96. The molecule has 1 aliphatic heterocycles. The Kier molecular flexibility index (Phi) is 3.61. The van der Waals surface area contributed by atoms with Crippen LogP contribution in [0.3, 0.4) is 0 Å². The maximum atomic E-state index is 12.9. The van der Waals surface area contributed by atoms with Crippen LogP contribution < -0.4 is 5.73 Å². The van der Waals surface area contributed by atoms with E-state index in [9.17, 15) is 13.2 Å². The van der Waals surface area contributed by atoms with Gasteiger partial charge in [-0.15, -0.1) is 0 Å². The zero-order chi connectivity index (χ0) is 17.0. The van der Waals surface area contributed by atoms with E-state index in [0.717, 1.165) is 6.42 Å². The van der Waals surface area contributed by atoms with Gasteiger partial charge in [-0.25, -0.2) is 8.42 Å². The summed E-state index contributed by atoms with van der Waals surface area (Å²) in [5.74, 6) is -0.408. The summed E-state index contributed by atoms with van der Waals surface area (Å²) >= 11 is 0. The van der Waals surface area contributed by atoms with Crippen LogP contribution in [-0.2, 0) is 21.4 Å². The molecule has 1 saturated carbocycles. The smallest absolute Gasteiger partial charge is 0.246 e. The van der Waals surface area contributed by atoms with Crippen LogP contribution in [0.5, 0.6) is 0 Å². The molecule has 7 nitrogen and oxygen atoms in total. The molecule has 23 heavy (non-hydrogen) atoms. The Hall–Kier alpha value is -1.41. The first kappa shape index (κ1) is 16.4. The van der Waals surface area contributed by atoms with Crippen molar-refractivity contribution >= 4 is 15.9 Å². The van der Waals surface area contributed by atoms with E-state index in [4.69, 9.17) is 5.73 Å². The van der Waals surface area contributed by atoms with Crippen molar-refractivity contribution in [1.29, 1.82) is 0 Å². The van der Waals surface area contributed by atoms with Gasteiger partial charge in [-0.05, 0) is 24.2 Å². The van der Waals surface area contributed by atoms with Crippen LogP contribution in [0.1, 0.15) is 33.6 Å². The zero-order valence-corrected chi connectivity index (χ0v) is 14.6. The number of fused-ring (bicyclic) bond motifs is 1. The molecule has 1 aliphatic carbocycles. The fourth-order valence-corrected chi connectivity index (χ4v) is 5.82. The van der Waals surface area contributed by atoms with Crippen molar-refractivity contribution in [2.24, 2.45) is 22.5 Å². The summed E-state index contributed by atoms with van der Waals surface area (Å²) < 4.78 is 28.8. The van der Waals surface area contributed by atoms with E-state index in [1.165, 1.54) is 10.5 Å². The van der Waals surface area contributed by atoms with Crippen LogP contribution in [0, 0.1) is 16.7 Å². The quantitative estimate of drug-likeness (QED) is 0.857. The molecule has 2 aliphatic rings. The summed E-state index contributed by atoms with van der Waals surface area (Å²) in [6, 6.07) is 0. The highest BCUT2D eigenvalue weighted by Crippen LogP contribution is 2.63. The second kappa shape index (κ2) is 5.04. The normalized spacial score (nSPS) is 30.0. The Bertz CT molecular complexity index is 740. The number of nitrogens with two attached hydrogens (primary N) is 1. The minimum absolute atomic E-state index is 0.0204. The van der Waals surface area contributed by atoms with Gasteiger partial charge in [0.05, 0.1) is 11.6 Å². The summed E-state index contributed by atoms with van der Waals surface area (Å²) in [6.07, 6.45) is 4.46. The number of nitrogens with zero attached hydrogens (tertiary/aromatic N) is 3. The van der Waals surface area contributed by atoms with Crippen LogP contribution in [0.25, 0.3) is 0 Å². The Morgan fingerprint density at radius 1 is 1.48 bits per heavy atom. The van der Waals surface area contributed by atoms with Crippen LogP contribution in [0.2, 0.25) is 0 Å². The molecule has 128 valence electrons. The van der Waals surface area contributed by atoms with Crippen LogP contribution in [0.15, 0.2) is 17.3 Å². The lowest BCUT2D eigenvalue weighted by molar-refractivity contribution is -0.148. The van der Waals surface area contributed by atoms with Crippen LogP contribution in [0.4, 0.5) is 0 Å². The number of primary amides is 1. The van der Waals surface area contributed by atoms with Crippen LogP contribution >= 0.6 is 0 Å². The van der Waals surface area contributed by atoms with E-state index in [-0.39, 0.29) is 28.7 Å². The van der Waals surface area contributed by atoms with Crippen molar-refractivity contribution < 1.29 is 13.2 Å². The molecule has 1 amide bonds. The molecule has 2 N–H and O–H groups in total. The fraction of sp³-hybridized carbons (Fsp3) is 0.733. The topological polar surface area (TPSA) is 98.3 Å². The van der Waals surface area contributed by atoms with Crippen molar-refractivity contribution in [3.8, 4) is 0 Å². The summed E-state index contributed by atoms with van der Waals surface area (Å²) in [5, 5.41) is 4.10. The largest absolute Gasteiger partial charge is 0.369 e.